The van der Waals surface area contributed by atoms with Crippen molar-refractivity contribution in [2.75, 3.05) is 26.2 Å². The van der Waals surface area contributed by atoms with E-state index < -0.39 is 0 Å². The van der Waals surface area contributed by atoms with E-state index in [1.54, 1.807) is 0 Å². The second-order valence-corrected chi connectivity index (χ2v) is 5.64. The Kier molecular flexibility index (Phi) is 5.37. The van der Waals surface area contributed by atoms with Gasteiger partial charge < -0.3 is 10.1 Å². The van der Waals surface area contributed by atoms with Crippen LogP contribution in [0.3, 0.4) is 0 Å². The highest BCUT2D eigenvalue weighted by Crippen LogP contribution is 2.09. The van der Waals surface area contributed by atoms with Crippen molar-refractivity contribution in [3.05, 3.63) is 35.4 Å². The Morgan fingerprint density at radius 3 is 2.89 bits per heavy atom. The molecule has 0 amide bonds. The predicted molar refractivity (Wildman–Crippen MR) is 79.3 cm³/mol. The fourth-order valence-electron chi connectivity index (χ4n) is 2.51. The zero-order valence-corrected chi connectivity index (χ0v) is 12.4. The molecule has 19 heavy (non-hydrogen) atoms. The fraction of sp³-hybridized carbons (Fsp3) is 0.625. The highest BCUT2D eigenvalue weighted by molar-refractivity contribution is 5.25. The number of nitrogens with zero attached hydrogens (tertiary/aromatic N) is 1. The molecule has 0 radical (unpaired) electrons. The first-order valence-electron chi connectivity index (χ1n) is 7.27. The van der Waals surface area contributed by atoms with E-state index >= 15 is 0 Å². The highest BCUT2D eigenvalue weighted by Gasteiger charge is 2.21. The van der Waals surface area contributed by atoms with Gasteiger partial charge in [0.25, 0.3) is 0 Å². The van der Waals surface area contributed by atoms with Gasteiger partial charge in [0, 0.05) is 32.2 Å². The first-order chi connectivity index (χ1) is 9.16. The molecule has 1 fully saturated rings. The minimum Gasteiger partial charge on any atom is -0.374 e. The van der Waals surface area contributed by atoms with Crippen molar-refractivity contribution >= 4 is 0 Å². The lowest BCUT2D eigenvalue weighted by molar-refractivity contribution is -0.0372. The van der Waals surface area contributed by atoms with Crippen LogP contribution in [0.5, 0.6) is 0 Å². The average Bonchev–Trinajstić information content (AvgIpc) is 2.41. The molecular formula is C16H26N2O. The Morgan fingerprint density at radius 1 is 1.37 bits per heavy atom. The van der Waals surface area contributed by atoms with Crippen LogP contribution >= 0.6 is 0 Å². The van der Waals surface area contributed by atoms with Crippen molar-refractivity contribution in [2.45, 2.75) is 39.5 Å². The monoisotopic (exact) mass is 262 g/mol. The molecule has 106 valence electrons. The minimum atomic E-state index is 0.320. The topological polar surface area (TPSA) is 24.5 Å². The molecule has 1 aliphatic heterocycles. The van der Waals surface area contributed by atoms with E-state index in [0.29, 0.717) is 12.1 Å². The Bertz CT molecular complexity index is 392. The quantitative estimate of drug-likeness (QED) is 0.880. The van der Waals surface area contributed by atoms with E-state index in [-0.39, 0.29) is 0 Å². The number of hydrogen-bond donors (Lipinski definition) is 1. The van der Waals surface area contributed by atoms with Crippen LogP contribution in [0.25, 0.3) is 0 Å². The van der Waals surface area contributed by atoms with Crippen molar-refractivity contribution < 1.29 is 4.74 Å². The van der Waals surface area contributed by atoms with Crippen molar-refractivity contribution in [3.63, 3.8) is 0 Å². The summed E-state index contributed by atoms with van der Waals surface area (Å²) in [6.45, 7) is 11.5. The van der Waals surface area contributed by atoms with Crippen LogP contribution in [0.2, 0.25) is 0 Å². The maximum absolute atomic E-state index is 5.82. The van der Waals surface area contributed by atoms with Crippen LogP contribution < -0.4 is 5.32 Å². The van der Waals surface area contributed by atoms with Gasteiger partial charge in [-0.15, -0.1) is 0 Å². The highest BCUT2D eigenvalue weighted by atomic mass is 16.5. The van der Waals surface area contributed by atoms with Crippen molar-refractivity contribution in [3.8, 4) is 0 Å². The molecule has 0 saturated carbocycles. The van der Waals surface area contributed by atoms with E-state index in [9.17, 15) is 0 Å². The normalized spacial score (nSPS) is 20.9. The predicted octanol–water partition coefficient (Wildman–Crippen LogP) is 2.19. The van der Waals surface area contributed by atoms with E-state index in [1.165, 1.54) is 11.1 Å². The van der Waals surface area contributed by atoms with Gasteiger partial charge in [-0.05, 0) is 31.9 Å². The molecule has 1 aliphatic rings. The summed E-state index contributed by atoms with van der Waals surface area (Å²) in [5.74, 6) is 0. The summed E-state index contributed by atoms with van der Waals surface area (Å²) in [4.78, 5) is 2.49. The van der Waals surface area contributed by atoms with Gasteiger partial charge in [0.05, 0.1) is 12.7 Å². The van der Waals surface area contributed by atoms with Crippen LogP contribution in [0.4, 0.5) is 0 Å². The van der Waals surface area contributed by atoms with Gasteiger partial charge in [-0.2, -0.15) is 0 Å². The van der Waals surface area contributed by atoms with Crippen LogP contribution in [0.15, 0.2) is 24.3 Å². The maximum atomic E-state index is 5.82. The molecular weight excluding hydrogens is 236 g/mol. The summed E-state index contributed by atoms with van der Waals surface area (Å²) >= 11 is 0. The summed E-state index contributed by atoms with van der Waals surface area (Å²) in [6, 6.07) is 9.15. The van der Waals surface area contributed by atoms with Crippen molar-refractivity contribution in [1.29, 1.82) is 0 Å². The number of rotatable bonds is 5. The van der Waals surface area contributed by atoms with Crippen molar-refractivity contribution in [2.24, 2.45) is 0 Å². The molecule has 2 rings (SSSR count). The number of ether oxygens (including phenoxy) is 1. The molecule has 1 aromatic rings. The van der Waals surface area contributed by atoms with Crippen LogP contribution in [0.1, 0.15) is 25.0 Å². The number of hydrogen-bond acceptors (Lipinski definition) is 3. The van der Waals surface area contributed by atoms with Crippen molar-refractivity contribution in [1.82, 2.24) is 10.2 Å². The first-order valence-corrected chi connectivity index (χ1v) is 7.27. The second-order valence-electron chi connectivity index (χ2n) is 5.64. The van der Waals surface area contributed by atoms with E-state index in [0.717, 1.165) is 32.8 Å². The SMILES string of the molecule is Cc1ccccc1CNCC1CN(C(C)C)CCO1. The third-order valence-corrected chi connectivity index (χ3v) is 3.85. The number of nitrogens with one attached hydrogen (secondary N) is 1. The summed E-state index contributed by atoms with van der Waals surface area (Å²) in [5.41, 5.74) is 2.72. The lowest BCUT2D eigenvalue weighted by Crippen LogP contribution is -2.48. The van der Waals surface area contributed by atoms with Gasteiger partial charge in [-0.3, -0.25) is 4.90 Å². The lowest BCUT2D eigenvalue weighted by atomic mass is 10.1. The van der Waals surface area contributed by atoms with Gasteiger partial charge in [0.1, 0.15) is 0 Å². The molecule has 0 bridgehead atoms. The Labute approximate surface area is 116 Å². The zero-order valence-electron chi connectivity index (χ0n) is 12.4. The molecule has 1 heterocycles. The molecule has 0 aliphatic carbocycles. The molecule has 1 aromatic carbocycles. The summed E-state index contributed by atoms with van der Waals surface area (Å²) in [5, 5.41) is 3.52. The zero-order chi connectivity index (χ0) is 13.7. The van der Waals surface area contributed by atoms with E-state index in [4.69, 9.17) is 4.74 Å². The molecule has 1 saturated heterocycles. The van der Waals surface area contributed by atoms with Gasteiger partial charge in [-0.25, -0.2) is 0 Å². The maximum Gasteiger partial charge on any atom is 0.0826 e. The number of benzene rings is 1. The van der Waals surface area contributed by atoms with Gasteiger partial charge >= 0.3 is 0 Å². The Balaban J connectivity index is 1.75. The molecule has 1 atom stereocenters. The largest absolute Gasteiger partial charge is 0.374 e. The molecule has 3 heteroatoms. The van der Waals surface area contributed by atoms with Crippen LogP contribution in [0, 0.1) is 6.92 Å². The average molecular weight is 262 g/mol. The molecule has 0 spiro atoms. The summed E-state index contributed by atoms with van der Waals surface area (Å²) < 4.78 is 5.82. The first kappa shape index (κ1) is 14.5. The van der Waals surface area contributed by atoms with Gasteiger partial charge in [0.15, 0.2) is 0 Å². The minimum absolute atomic E-state index is 0.320. The summed E-state index contributed by atoms with van der Waals surface area (Å²) in [6.07, 6.45) is 0.320. The molecule has 0 aromatic heterocycles. The third kappa shape index (κ3) is 4.30. The molecule has 3 nitrogen and oxygen atoms in total. The molecule has 1 unspecified atom stereocenters. The number of morpholine rings is 1. The smallest absolute Gasteiger partial charge is 0.0826 e. The number of aryl methyl sites for hydroxylation is 1. The Morgan fingerprint density at radius 2 is 2.16 bits per heavy atom. The van der Waals surface area contributed by atoms with E-state index in [1.807, 2.05) is 0 Å². The standard InChI is InChI=1S/C16H26N2O/c1-13(2)18-8-9-19-16(12-18)11-17-10-15-7-5-4-6-14(15)3/h4-7,13,16-17H,8-12H2,1-3H3. The lowest BCUT2D eigenvalue weighted by Gasteiger charge is -2.35. The van der Waals surface area contributed by atoms with Crippen LogP contribution in [-0.2, 0) is 11.3 Å². The van der Waals surface area contributed by atoms with E-state index in [2.05, 4.69) is 55.3 Å². The second kappa shape index (κ2) is 7.04. The van der Waals surface area contributed by atoms with Crippen LogP contribution in [-0.4, -0.2) is 43.3 Å². The Hall–Kier alpha value is -0.900. The third-order valence-electron chi connectivity index (χ3n) is 3.85. The fourth-order valence-corrected chi connectivity index (χ4v) is 2.51. The van der Waals surface area contributed by atoms with Gasteiger partial charge in [-0.1, -0.05) is 24.3 Å². The summed E-state index contributed by atoms with van der Waals surface area (Å²) in [7, 11) is 0. The molecule has 1 N–H and O–H groups in total. The van der Waals surface area contributed by atoms with Gasteiger partial charge in [0.2, 0.25) is 0 Å².